The number of urea groups is 1. The van der Waals surface area contributed by atoms with Gasteiger partial charge in [0.25, 0.3) is 11.6 Å². The van der Waals surface area contributed by atoms with Gasteiger partial charge in [-0.2, -0.15) is 13.2 Å². The first-order valence-electron chi connectivity index (χ1n) is 6.69. The van der Waals surface area contributed by atoms with Gasteiger partial charge in [0, 0.05) is 13.5 Å². The molecule has 23 heavy (non-hydrogen) atoms. The first-order valence-corrected chi connectivity index (χ1v) is 6.69. The molecule has 0 aliphatic carbocycles. The van der Waals surface area contributed by atoms with Gasteiger partial charge in [-0.25, -0.2) is 4.79 Å². The lowest BCUT2D eigenvalue weighted by molar-refractivity contribution is -0.203. The summed E-state index contributed by atoms with van der Waals surface area (Å²) in [6.07, 6.45) is -5.21. The molecule has 0 spiro atoms. The van der Waals surface area contributed by atoms with Gasteiger partial charge in [-0.1, -0.05) is 30.3 Å². The van der Waals surface area contributed by atoms with Crippen LogP contribution in [0.2, 0.25) is 0 Å². The van der Waals surface area contributed by atoms with Gasteiger partial charge in [-0.15, -0.1) is 0 Å². The number of hydrogen-bond acceptors (Lipinski definition) is 3. The molecule has 0 unspecified atom stereocenters. The number of amides is 4. The fourth-order valence-electron chi connectivity index (χ4n) is 2.16. The van der Waals surface area contributed by atoms with E-state index in [0.29, 0.717) is 0 Å². The van der Waals surface area contributed by atoms with Gasteiger partial charge in [-0.05, 0) is 12.0 Å². The summed E-state index contributed by atoms with van der Waals surface area (Å²) in [7, 11) is 0.904. The van der Waals surface area contributed by atoms with Gasteiger partial charge < -0.3 is 5.32 Å². The van der Waals surface area contributed by atoms with Crippen LogP contribution in [0.1, 0.15) is 12.0 Å². The minimum absolute atomic E-state index is 0.207. The molecule has 1 aromatic carbocycles. The fraction of sp³-hybridized carbons (Fsp3) is 0.357. The minimum Gasteiger partial charge on any atom is -0.318 e. The molecule has 4 amide bonds. The van der Waals surface area contributed by atoms with E-state index in [9.17, 15) is 27.6 Å². The van der Waals surface area contributed by atoms with Crippen LogP contribution in [0.4, 0.5) is 18.0 Å². The number of aryl methyl sites for hydroxylation is 1. The summed E-state index contributed by atoms with van der Waals surface area (Å²) in [4.78, 5) is 35.3. The van der Waals surface area contributed by atoms with Crippen molar-refractivity contribution in [1.29, 1.82) is 0 Å². The van der Waals surface area contributed by atoms with Gasteiger partial charge in [-0.3, -0.25) is 19.8 Å². The first kappa shape index (κ1) is 16.8. The number of halogens is 3. The number of carbonyl (C=O) groups excluding carboxylic acids is 3. The molecule has 1 aliphatic heterocycles. The van der Waals surface area contributed by atoms with Crippen LogP contribution >= 0.6 is 0 Å². The number of alkyl halides is 3. The topological polar surface area (TPSA) is 78.5 Å². The van der Waals surface area contributed by atoms with Crippen molar-refractivity contribution in [2.24, 2.45) is 0 Å². The average Bonchev–Trinajstić information content (AvgIpc) is 2.71. The van der Waals surface area contributed by atoms with Crippen molar-refractivity contribution < 1.29 is 27.6 Å². The number of rotatable bonds is 4. The molecule has 1 heterocycles. The van der Waals surface area contributed by atoms with Crippen molar-refractivity contribution >= 4 is 17.8 Å². The summed E-state index contributed by atoms with van der Waals surface area (Å²) in [5.41, 5.74) is -2.64. The summed E-state index contributed by atoms with van der Waals surface area (Å²) < 4.78 is 39.8. The van der Waals surface area contributed by atoms with Crippen LogP contribution in [-0.4, -0.2) is 41.6 Å². The van der Waals surface area contributed by atoms with E-state index in [1.54, 1.807) is 35.6 Å². The van der Waals surface area contributed by atoms with Gasteiger partial charge in [0.2, 0.25) is 5.91 Å². The Kier molecular flexibility index (Phi) is 4.31. The summed E-state index contributed by atoms with van der Waals surface area (Å²) in [6, 6.07) is 7.47. The molecule has 2 N–H and O–H groups in total. The van der Waals surface area contributed by atoms with E-state index in [1.165, 1.54) is 5.32 Å². The van der Waals surface area contributed by atoms with E-state index < -0.39 is 29.7 Å². The number of benzene rings is 1. The second-order valence-electron chi connectivity index (χ2n) is 5.08. The first-order chi connectivity index (χ1) is 10.7. The van der Waals surface area contributed by atoms with Gasteiger partial charge >= 0.3 is 12.2 Å². The van der Waals surface area contributed by atoms with E-state index in [1.807, 2.05) is 0 Å². The maximum Gasteiger partial charge on any atom is 0.440 e. The predicted octanol–water partition coefficient (Wildman–Crippen LogP) is 1.18. The normalized spacial score (nSPS) is 21.3. The van der Waals surface area contributed by atoms with Gasteiger partial charge in [0.1, 0.15) is 0 Å². The third-order valence-corrected chi connectivity index (χ3v) is 3.46. The van der Waals surface area contributed by atoms with Crippen molar-refractivity contribution in [3.05, 3.63) is 35.9 Å². The lowest BCUT2D eigenvalue weighted by Gasteiger charge is -2.29. The summed E-state index contributed by atoms with van der Waals surface area (Å²) >= 11 is 0. The van der Waals surface area contributed by atoms with Crippen molar-refractivity contribution in [3.63, 3.8) is 0 Å². The Hall–Kier alpha value is -2.58. The Bertz CT molecular complexity index is 633. The zero-order chi connectivity index (χ0) is 17.3. The van der Waals surface area contributed by atoms with Crippen LogP contribution in [0.15, 0.2) is 30.3 Å². The van der Waals surface area contributed by atoms with Crippen LogP contribution in [0, 0.1) is 0 Å². The SMILES string of the molecule is CN1C(=O)N[C@](NC(=O)CCc2ccccc2)(C(F)(F)F)C1=O. The van der Waals surface area contributed by atoms with Gasteiger partial charge in [0.15, 0.2) is 0 Å². The van der Waals surface area contributed by atoms with E-state index >= 15 is 0 Å². The molecule has 6 nitrogen and oxygen atoms in total. The molecule has 9 heteroatoms. The predicted molar refractivity (Wildman–Crippen MR) is 73.0 cm³/mol. The molecular formula is C14H14F3N3O3. The largest absolute Gasteiger partial charge is 0.440 e. The highest BCUT2D eigenvalue weighted by Crippen LogP contribution is 2.33. The molecule has 0 bridgehead atoms. The number of imide groups is 1. The molecule has 0 radical (unpaired) electrons. The third kappa shape index (κ3) is 3.13. The number of likely N-dealkylation sites (N-methyl/N-ethyl adjacent to an activating group) is 1. The average molecular weight is 329 g/mol. The summed E-state index contributed by atoms with van der Waals surface area (Å²) in [5.74, 6) is -2.56. The molecule has 124 valence electrons. The molecule has 1 aliphatic rings. The van der Waals surface area contributed by atoms with Crippen molar-refractivity contribution in [3.8, 4) is 0 Å². The standard InChI is InChI=1S/C14H14F3N3O3/c1-20-11(22)13(14(15,16)17,19-12(20)23)18-10(21)8-7-9-5-3-2-4-6-9/h2-6H,7-8H2,1H3,(H,18,21)(H,19,23)/t13-/m0/s1. The molecule has 2 rings (SSSR count). The summed E-state index contributed by atoms with van der Waals surface area (Å²) in [5, 5.41) is 3.14. The fourth-order valence-corrected chi connectivity index (χ4v) is 2.16. The third-order valence-electron chi connectivity index (χ3n) is 3.46. The molecule has 0 aromatic heterocycles. The van der Waals surface area contributed by atoms with E-state index in [2.05, 4.69) is 0 Å². The Morgan fingerprint density at radius 2 is 1.87 bits per heavy atom. The highest BCUT2D eigenvalue weighted by atomic mass is 19.4. The Morgan fingerprint density at radius 3 is 2.35 bits per heavy atom. The number of nitrogens with one attached hydrogen (secondary N) is 2. The molecule has 1 saturated heterocycles. The van der Waals surface area contributed by atoms with Crippen molar-refractivity contribution in [2.75, 3.05) is 7.05 Å². The maximum atomic E-state index is 13.3. The minimum atomic E-state index is -5.16. The number of nitrogens with zero attached hydrogens (tertiary/aromatic N) is 1. The number of carbonyl (C=O) groups is 3. The van der Waals surface area contributed by atoms with Crippen molar-refractivity contribution in [2.45, 2.75) is 24.7 Å². The zero-order valence-corrected chi connectivity index (χ0v) is 12.1. The van der Waals surface area contributed by atoms with Crippen LogP contribution in [-0.2, 0) is 16.0 Å². The Morgan fingerprint density at radius 1 is 1.26 bits per heavy atom. The second-order valence-corrected chi connectivity index (χ2v) is 5.08. The molecule has 1 atom stereocenters. The number of hydrogen-bond donors (Lipinski definition) is 2. The zero-order valence-electron chi connectivity index (χ0n) is 12.1. The van der Waals surface area contributed by atoms with Crippen LogP contribution < -0.4 is 10.6 Å². The molecule has 1 fully saturated rings. The highest BCUT2D eigenvalue weighted by molar-refractivity contribution is 6.08. The molecule has 1 aromatic rings. The van der Waals surface area contributed by atoms with Crippen LogP contribution in [0.3, 0.4) is 0 Å². The van der Waals surface area contributed by atoms with Crippen LogP contribution in [0.25, 0.3) is 0 Å². The highest BCUT2D eigenvalue weighted by Gasteiger charge is 2.68. The van der Waals surface area contributed by atoms with Crippen LogP contribution in [0.5, 0.6) is 0 Å². The maximum absolute atomic E-state index is 13.3. The quantitative estimate of drug-likeness (QED) is 0.814. The monoisotopic (exact) mass is 329 g/mol. The lowest BCUT2D eigenvalue weighted by Crippen LogP contribution is -2.69. The molecule has 0 saturated carbocycles. The van der Waals surface area contributed by atoms with Crippen molar-refractivity contribution in [1.82, 2.24) is 15.5 Å². The van der Waals surface area contributed by atoms with E-state index in [0.717, 1.165) is 12.6 Å². The smallest absolute Gasteiger partial charge is 0.318 e. The Balaban J connectivity index is 2.12. The Labute approximate surface area is 129 Å². The second kappa shape index (κ2) is 5.90. The van der Waals surface area contributed by atoms with E-state index in [-0.39, 0.29) is 17.7 Å². The van der Waals surface area contributed by atoms with Gasteiger partial charge in [0.05, 0.1) is 0 Å². The lowest BCUT2D eigenvalue weighted by atomic mass is 10.1. The summed E-state index contributed by atoms with van der Waals surface area (Å²) in [6.45, 7) is 0. The molecular weight excluding hydrogens is 315 g/mol. The van der Waals surface area contributed by atoms with E-state index in [4.69, 9.17) is 0 Å².